The Morgan fingerprint density at radius 3 is 2.33 bits per heavy atom. The SMILES string of the molecule is O=C1N(c2c(F)cc(C#Cc3ccccc3)cc2F)c2nccn2C12CC2. The lowest BCUT2D eigenvalue weighted by atomic mass is 10.1. The molecule has 1 aromatic heterocycles. The number of amides is 1. The number of carbonyl (C=O) groups is 1. The van der Waals surface area contributed by atoms with E-state index in [1.807, 2.05) is 30.3 Å². The second kappa shape index (κ2) is 5.52. The first-order valence-electron chi connectivity index (χ1n) is 8.55. The number of imidazole rings is 1. The Kier molecular flexibility index (Phi) is 3.22. The summed E-state index contributed by atoms with van der Waals surface area (Å²) in [5, 5.41) is 0. The van der Waals surface area contributed by atoms with Gasteiger partial charge in [-0.3, -0.25) is 4.79 Å². The van der Waals surface area contributed by atoms with Crippen molar-refractivity contribution in [2.24, 2.45) is 0 Å². The molecule has 0 radical (unpaired) electrons. The van der Waals surface area contributed by atoms with Crippen molar-refractivity contribution in [3.8, 4) is 11.8 Å². The Morgan fingerprint density at radius 1 is 1.00 bits per heavy atom. The standard InChI is InChI=1S/C21H13F2N3O/c22-16-12-15(7-6-14-4-2-1-3-5-14)13-17(23)18(16)26-19(27)21(8-9-21)25-11-10-24-20(25)26/h1-5,10-13H,8-9H2. The number of nitrogens with zero attached hydrogens (tertiary/aromatic N) is 3. The van der Waals surface area contributed by atoms with Crippen molar-refractivity contribution in [1.82, 2.24) is 9.55 Å². The lowest BCUT2D eigenvalue weighted by molar-refractivity contribution is -0.120. The molecule has 5 rings (SSSR count). The maximum Gasteiger partial charge on any atom is 0.260 e. The highest BCUT2D eigenvalue weighted by atomic mass is 19.1. The van der Waals surface area contributed by atoms with Crippen molar-refractivity contribution < 1.29 is 13.6 Å². The van der Waals surface area contributed by atoms with Crippen molar-refractivity contribution in [3.63, 3.8) is 0 Å². The Balaban J connectivity index is 1.56. The Morgan fingerprint density at radius 2 is 1.67 bits per heavy atom. The van der Waals surface area contributed by atoms with Crippen LogP contribution < -0.4 is 4.90 Å². The molecule has 1 aliphatic carbocycles. The summed E-state index contributed by atoms with van der Waals surface area (Å²) in [6, 6.07) is 11.5. The molecule has 1 spiro atoms. The summed E-state index contributed by atoms with van der Waals surface area (Å²) in [6.07, 6.45) is 4.51. The minimum atomic E-state index is -0.840. The molecule has 0 bridgehead atoms. The number of halogens is 2. The van der Waals surface area contributed by atoms with Gasteiger partial charge >= 0.3 is 0 Å². The zero-order chi connectivity index (χ0) is 18.6. The van der Waals surface area contributed by atoms with E-state index < -0.39 is 22.9 Å². The molecular formula is C21H13F2N3O. The van der Waals surface area contributed by atoms with Crippen molar-refractivity contribution in [2.75, 3.05) is 4.90 Å². The molecule has 0 unspecified atom stereocenters. The first-order valence-corrected chi connectivity index (χ1v) is 8.55. The molecule has 27 heavy (non-hydrogen) atoms. The van der Waals surface area contributed by atoms with Crippen LogP contribution in [0.3, 0.4) is 0 Å². The molecule has 4 nitrogen and oxygen atoms in total. The number of aromatic nitrogens is 2. The zero-order valence-corrected chi connectivity index (χ0v) is 14.1. The van der Waals surface area contributed by atoms with Crippen molar-refractivity contribution in [1.29, 1.82) is 0 Å². The van der Waals surface area contributed by atoms with Gasteiger partial charge in [0.15, 0.2) is 11.6 Å². The number of fused-ring (bicyclic) bond motifs is 2. The number of anilines is 2. The normalized spacial score (nSPS) is 16.2. The fourth-order valence-electron chi connectivity index (χ4n) is 3.49. The lowest BCUT2D eigenvalue weighted by Gasteiger charge is -2.17. The van der Waals surface area contributed by atoms with E-state index in [9.17, 15) is 13.6 Å². The van der Waals surface area contributed by atoms with Crippen LogP contribution in [0.4, 0.5) is 20.4 Å². The third-order valence-electron chi connectivity index (χ3n) is 4.97. The summed E-state index contributed by atoms with van der Waals surface area (Å²) < 4.78 is 31.3. The fraction of sp³-hybridized carbons (Fsp3) is 0.143. The monoisotopic (exact) mass is 361 g/mol. The molecular weight excluding hydrogens is 348 g/mol. The van der Waals surface area contributed by atoms with Gasteiger partial charge in [0.1, 0.15) is 11.2 Å². The van der Waals surface area contributed by atoms with Crippen LogP contribution in [0, 0.1) is 23.5 Å². The smallest absolute Gasteiger partial charge is 0.260 e. The van der Waals surface area contributed by atoms with Gasteiger partial charge in [0.25, 0.3) is 5.91 Å². The van der Waals surface area contributed by atoms with Crippen LogP contribution in [0.25, 0.3) is 0 Å². The van der Waals surface area contributed by atoms with E-state index in [0.717, 1.165) is 22.6 Å². The lowest BCUT2D eigenvalue weighted by Crippen LogP contribution is -2.31. The number of hydrogen-bond donors (Lipinski definition) is 0. The highest BCUT2D eigenvalue weighted by Gasteiger charge is 2.60. The number of hydrogen-bond acceptors (Lipinski definition) is 2. The molecule has 1 fully saturated rings. The molecule has 0 N–H and O–H groups in total. The molecule has 0 atom stereocenters. The van der Waals surface area contributed by atoms with E-state index in [1.165, 1.54) is 6.20 Å². The van der Waals surface area contributed by atoms with E-state index in [-0.39, 0.29) is 17.4 Å². The molecule has 2 aliphatic rings. The minimum Gasteiger partial charge on any atom is -0.301 e. The minimum absolute atomic E-state index is 0.203. The van der Waals surface area contributed by atoms with E-state index in [4.69, 9.17) is 0 Å². The van der Waals surface area contributed by atoms with E-state index in [2.05, 4.69) is 16.8 Å². The molecule has 2 aromatic carbocycles. The maximum atomic E-state index is 14.8. The fourth-order valence-corrected chi connectivity index (χ4v) is 3.49. The summed E-state index contributed by atoms with van der Waals surface area (Å²) in [4.78, 5) is 18.0. The predicted molar refractivity (Wildman–Crippen MR) is 95.4 cm³/mol. The Hall–Kier alpha value is -3.46. The van der Waals surface area contributed by atoms with Crippen molar-refractivity contribution >= 4 is 17.5 Å². The quantitative estimate of drug-likeness (QED) is 0.620. The molecule has 1 amide bonds. The zero-order valence-electron chi connectivity index (χ0n) is 14.1. The van der Waals surface area contributed by atoms with Gasteiger partial charge in [0, 0.05) is 23.5 Å². The Labute approximate surface area is 154 Å². The largest absolute Gasteiger partial charge is 0.301 e. The maximum absolute atomic E-state index is 14.8. The van der Waals surface area contributed by atoms with Gasteiger partial charge in [-0.05, 0) is 37.1 Å². The summed E-state index contributed by atoms with van der Waals surface area (Å²) in [7, 11) is 0. The van der Waals surface area contributed by atoms with Crippen LogP contribution >= 0.6 is 0 Å². The molecule has 1 aliphatic heterocycles. The van der Waals surface area contributed by atoms with Crippen LogP contribution in [-0.2, 0) is 10.3 Å². The molecule has 0 saturated heterocycles. The number of rotatable bonds is 1. The summed E-state index contributed by atoms with van der Waals surface area (Å²) >= 11 is 0. The first-order chi connectivity index (χ1) is 13.1. The van der Waals surface area contributed by atoms with Gasteiger partial charge in [-0.2, -0.15) is 0 Å². The van der Waals surface area contributed by atoms with E-state index in [0.29, 0.717) is 12.8 Å². The third-order valence-corrected chi connectivity index (χ3v) is 4.97. The van der Waals surface area contributed by atoms with Crippen LogP contribution in [0.5, 0.6) is 0 Å². The molecule has 3 aromatic rings. The van der Waals surface area contributed by atoms with Crippen LogP contribution in [0.1, 0.15) is 24.0 Å². The predicted octanol–water partition coefficient (Wildman–Crippen LogP) is 3.73. The van der Waals surface area contributed by atoms with E-state index >= 15 is 0 Å². The average molecular weight is 361 g/mol. The average Bonchev–Trinajstić information content (AvgIpc) is 3.28. The highest BCUT2D eigenvalue weighted by Crippen LogP contribution is 2.54. The number of benzene rings is 2. The molecule has 1 saturated carbocycles. The van der Waals surface area contributed by atoms with Gasteiger partial charge < -0.3 is 4.57 Å². The van der Waals surface area contributed by atoms with Crippen molar-refractivity contribution in [3.05, 3.63) is 77.6 Å². The molecule has 2 heterocycles. The second-order valence-electron chi connectivity index (χ2n) is 6.67. The van der Waals surface area contributed by atoms with Crippen molar-refractivity contribution in [2.45, 2.75) is 18.4 Å². The molecule has 132 valence electrons. The Bertz CT molecular complexity index is 1110. The molecule has 6 heteroatoms. The van der Waals surface area contributed by atoms with Gasteiger partial charge in [0.2, 0.25) is 5.95 Å². The third kappa shape index (κ3) is 2.28. The van der Waals surface area contributed by atoms with Gasteiger partial charge in [0.05, 0.1) is 0 Å². The van der Waals surface area contributed by atoms with Crippen LogP contribution in [0.15, 0.2) is 54.9 Å². The van der Waals surface area contributed by atoms with Gasteiger partial charge in [-0.25, -0.2) is 18.7 Å². The van der Waals surface area contributed by atoms with E-state index in [1.54, 1.807) is 10.8 Å². The number of carbonyl (C=O) groups excluding carboxylic acids is 1. The first kappa shape index (κ1) is 15.8. The summed E-state index contributed by atoms with van der Waals surface area (Å²) in [5.74, 6) is 3.86. The second-order valence-corrected chi connectivity index (χ2v) is 6.67. The van der Waals surface area contributed by atoms with Crippen LogP contribution in [-0.4, -0.2) is 15.5 Å². The summed E-state index contributed by atoms with van der Waals surface area (Å²) in [5.41, 5.74) is -0.179. The topological polar surface area (TPSA) is 38.1 Å². The van der Waals surface area contributed by atoms with Crippen LogP contribution in [0.2, 0.25) is 0 Å². The van der Waals surface area contributed by atoms with Gasteiger partial charge in [-0.15, -0.1) is 0 Å². The highest BCUT2D eigenvalue weighted by molar-refractivity contribution is 6.09. The van der Waals surface area contributed by atoms with Gasteiger partial charge in [-0.1, -0.05) is 30.0 Å². The summed E-state index contributed by atoms with van der Waals surface area (Å²) in [6.45, 7) is 0.